The second kappa shape index (κ2) is 7.33. The van der Waals surface area contributed by atoms with Crippen molar-refractivity contribution in [2.75, 3.05) is 13.1 Å². The summed E-state index contributed by atoms with van der Waals surface area (Å²) in [5.41, 5.74) is 0. The molecule has 0 aromatic carbocycles. The Labute approximate surface area is 109 Å². The Hall–Kier alpha value is 0.974. The molecule has 0 aliphatic rings. The van der Waals surface area contributed by atoms with Crippen molar-refractivity contribution < 1.29 is 0 Å². The van der Waals surface area contributed by atoms with Crippen molar-refractivity contribution in [3.8, 4) is 0 Å². The van der Waals surface area contributed by atoms with Crippen LogP contribution >= 0.6 is 22.2 Å². The van der Waals surface area contributed by atoms with Crippen molar-refractivity contribution in [1.29, 1.82) is 0 Å². The van der Waals surface area contributed by atoms with Gasteiger partial charge in [-0.3, -0.25) is 0 Å². The summed E-state index contributed by atoms with van der Waals surface area (Å²) in [5.74, 6) is 0. The predicted molar refractivity (Wildman–Crippen MR) is 73.4 cm³/mol. The smallest absolute Gasteiger partial charge is 0.178 e. The van der Waals surface area contributed by atoms with Crippen molar-refractivity contribution in [2.45, 2.75) is 50.6 Å². The molecule has 15 heavy (non-hydrogen) atoms. The van der Waals surface area contributed by atoms with Crippen LogP contribution in [0, 0.1) is 0 Å². The highest BCUT2D eigenvalue weighted by atomic mass is 35.6. The van der Waals surface area contributed by atoms with Gasteiger partial charge in [0.15, 0.2) is 17.7 Å². The summed E-state index contributed by atoms with van der Waals surface area (Å²) in [6.45, 7) is 10.9. The van der Waals surface area contributed by atoms with Crippen LogP contribution in [-0.2, 0) is 0 Å². The molecule has 0 amide bonds. The zero-order valence-electron chi connectivity index (χ0n) is 10.1. The maximum atomic E-state index is 5.88. The van der Waals surface area contributed by atoms with E-state index in [-0.39, 0.29) is 10.1 Å². The topological polar surface area (TPSA) is 12.0 Å². The van der Waals surface area contributed by atoms with Crippen LogP contribution in [0.25, 0.3) is 0 Å². The Morgan fingerprint density at radius 3 is 1.47 bits per heavy atom. The van der Waals surface area contributed by atoms with Crippen LogP contribution < -0.4 is 5.32 Å². The minimum Gasteiger partial charge on any atom is -0.317 e. The zero-order chi connectivity index (χ0) is 11.9. The van der Waals surface area contributed by atoms with Gasteiger partial charge in [0.05, 0.1) is 0 Å². The van der Waals surface area contributed by atoms with Gasteiger partial charge < -0.3 is 5.32 Å². The maximum absolute atomic E-state index is 5.88. The molecule has 4 radical (unpaired) electrons. The van der Waals surface area contributed by atoms with E-state index >= 15 is 0 Å². The number of halogens is 2. The fourth-order valence-electron chi connectivity index (χ4n) is 1.02. The van der Waals surface area contributed by atoms with Crippen LogP contribution in [-0.4, -0.2) is 30.7 Å². The van der Waals surface area contributed by atoms with Gasteiger partial charge in [-0.1, -0.05) is 27.7 Å². The van der Waals surface area contributed by atoms with Crippen LogP contribution in [0.4, 0.5) is 0 Å². The molecule has 0 atom stereocenters. The van der Waals surface area contributed by atoms with E-state index in [0.29, 0.717) is 17.7 Å². The van der Waals surface area contributed by atoms with Crippen LogP contribution in [0.1, 0.15) is 40.5 Å². The molecule has 1 N–H and O–H groups in total. The first kappa shape index (κ1) is 16.0. The molecule has 0 spiro atoms. The van der Waals surface area contributed by atoms with E-state index in [1.54, 1.807) is 0 Å². The summed E-state index contributed by atoms with van der Waals surface area (Å²) in [6, 6.07) is 0. The number of hydrogen-bond donors (Lipinski definition) is 1. The molecule has 5 heteroatoms. The SMILES string of the molecule is CC(C)(CCNCCC(C)(C)[Si]Cl)[Si]Cl. The lowest BCUT2D eigenvalue weighted by Gasteiger charge is -2.22. The van der Waals surface area contributed by atoms with Crippen LogP contribution in [0.15, 0.2) is 0 Å². The van der Waals surface area contributed by atoms with E-state index in [4.69, 9.17) is 22.2 Å². The number of nitrogens with one attached hydrogen (secondary N) is 1. The Morgan fingerprint density at radius 1 is 0.867 bits per heavy atom. The van der Waals surface area contributed by atoms with Gasteiger partial charge in [-0.05, 0) is 36.0 Å². The van der Waals surface area contributed by atoms with Crippen molar-refractivity contribution in [3.63, 3.8) is 0 Å². The number of rotatable bonds is 8. The zero-order valence-corrected chi connectivity index (χ0v) is 13.6. The van der Waals surface area contributed by atoms with Crippen LogP contribution in [0.2, 0.25) is 10.1 Å². The van der Waals surface area contributed by atoms with Crippen LogP contribution in [0.3, 0.4) is 0 Å². The summed E-state index contributed by atoms with van der Waals surface area (Å²) in [6.07, 6.45) is 2.27. The molecule has 0 saturated carbocycles. The Bertz CT molecular complexity index is 157. The van der Waals surface area contributed by atoms with Gasteiger partial charge in [-0.15, -0.1) is 0 Å². The average Bonchev–Trinajstić information content (AvgIpc) is 2.17. The third kappa shape index (κ3) is 8.75. The van der Waals surface area contributed by atoms with Crippen molar-refractivity contribution in [3.05, 3.63) is 0 Å². The molecule has 88 valence electrons. The summed E-state index contributed by atoms with van der Waals surface area (Å²) in [4.78, 5) is 0. The molecule has 0 fully saturated rings. The minimum absolute atomic E-state index is 0.276. The van der Waals surface area contributed by atoms with Gasteiger partial charge in [-0.25, -0.2) is 0 Å². The summed E-state index contributed by atoms with van der Waals surface area (Å²) >= 11 is 11.8. The second-order valence-electron chi connectivity index (χ2n) is 5.21. The molecule has 0 heterocycles. The maximum Gasteiger partial charge on any atom is 0.178 e. The highest BCUT2D eigenvalue weighted by Crippen LogP contribution is 2.29. The highest BCUT2D eigenvalue weighted by Gasteiger charge is 2.19. The predicted octanol–water partition coefficient (Wildman–Crippen LogP) is 3.47. The van der Waals surface area contributed by atoms with Gasteiger partial charge >= 0.3 is 0 Å². The first-order valence-electron chi connectivity index (χ1n) is 5.29. The molecule has 0 aliphatic carbocycles. The summed E-state index contributed by atoms with van der Waals surface area (Å²) < 4.78 is 0. The number of hydrogen-bond acceptors (Lipinski definition) is 1. The van der Waals surface area contributed by atoms with Crippen molar-refractivity contribution in [2.24, 2.45) is 0 Å². The van der Waals surface area contributed by atoms with Crippen LogP contribution in [0.5, 0.6) is 0 Å². The summed E-state index contributed by atoms with van der Waals surface area (Å²) in [5, 5.41) is 4.01. The van der Waals surface area contributed by atoms with E-state index in [1.807, 2.05) is 0 Å². The van der Waals surface area contributed by atoms with E-state index in [9.17, 15) is 0 Å². The van der Waals surface area contributed by atoms with Crippen molar-refractivity contribution in [1.82, 2.24) is 5.32 Å². The molecule has 0 rings (SSSR count). The largest absolute Gasteiger partial charge is 0.317 e. The average molecular weight is 282 g/mol. The normalized spacial score (nSPS) is 13.2. The molecule has 0 unspecified atom stereocenters. The molecule has 0 saturated heterocycles. The van der Waals surface area contributed by atoms with E-state index < -0.39 is 0 Å². The Balaban J connectivity index is 3.48. The lowest BCUT2D eigenvalue weighted by Crippen LogP contribution is -2.24. The second-order valence-corrected chi connectivity index (χ2v) is 9.43. The molecule has 1 nitrogen and oxygen atoms in total. The summed E-state index contributed by atoms with van der Waals surface area (Å²) in [7, 11) is 0.996. The first-order valence-corrected chi connectivity index (χ1v) is 9.32. The van der Waals surface area contributed by atoms with Gasteiger partial charge in [0.25, 0.3) is 0 Å². The Morgan fingerprint density at radius 2 is 1.20 bits per heavy atom. The quantitative estimate of drug-likeness (QED) is 0.408. The first-order chi connectivity index (χ1) is 6.83. The minimum atomic E-state index is 0.276. The third-order valence-corrected chi connectivity index (χ3v) is 6.96. The molecule has 0 aliphatic heterocycles. The van der Waals surface area contributed by atoms with E-state index in [1.165, 1.54) is 0 Å². The highest BCUT2D eigenvalue weighted by molar-refractivity contribution is 6.95. The van der Waals surface area contributed by atoms with Gasteiger partial charge in [-0.2, -0.15) is 22.2 Å². The molecular weight excluding hydrogens is 261 g/mol. The van der Waals surface area contributed by atoms with Gasteiger partial charge in [0, 0.05) is 0 Å². The standard InChI is InChI=1S/C10H21Cl2NSi2/c1-9(2,14-11)5-7-13-8-6-10(3,4)15-12/h13H,5-8H2,1-4H3. The van der Waals surface area contributed by atoms with Crippen molar-refractivity contribution >= 4 is 39.8 Å². The fraction of sp³-hybridized carbons (Fsp3) is 1.00. The molecule has 0 bridgehead atoms. The monoisotopic (exact) mass is 281 g/mol. The molecule has 0 aromatic rings. The third-order valence-electron chi connectivity index (χ3n) is 2.37. The molecule has 0 aromatic heterocycles. The van der Waals surface area contributed by atoms with E-state index in [2.05, 4.69) is 33.0 Å². The fourth-order valence-corrected chi connectivity index (χ4v) is 2.03. The lowest BCUT2D eigenvalue weighted by atomic mass is 10.1. The van der Waals surface area contributed by atoms with Gasteiger partial charge in [0.2, 0.25) is 0 Å². The molecular formula is C10H21Cl2NSi2. The lowest BCUT2D eigenvalue weighted by molar-refractivity contribution is 0.514. The Kier molecular flexibility index (Phi) is 7.80. The van der Waals surface area contributed by atoms with E-state index in [0.717, 1.165) is 25.9 Å². The van der Waals surface area contributed by atoms with Gasteiger partial charge in [0.1, 0.15) is 0 Å².